The first kappa shape index (κ1) is 30.6. The summed E-state index contributed by atoms with van der Waals surface area (Å²) in [6.45, 7) is 21.0. The molecule has 0 radical (unpaired) electrons. The van der Waals surface area contributed by atoms with Crippen molar-refractivity contribution in [1.29, 1.82) is 0 Å². The summed E-state index contributed by atoms with van der Waals surface area (Å²) in [5.74, 6) is 0.419. The highest BCUT2D eigenvalue weighted by Gasteiger charge is 2.19. The summed E-state index contributed by atoms with van der Waals surface area (Å²) in [5, 5.41) is 3.81. The molecule has 2 heteroatoms. The lowest BCUT2D eigenvalue weighted by Crippen LogP contribution is -1.99. The Bertz CT molecular complexity index is 1660. The number of para-hydroxylation sites is 1. The Morgan fingerprint density at radius 3 is 1.82 bits per heavy atom. The van der Waals surface area contributed by atoms with Crippen LogP contribution in [0.2, 0.25) is 0 Å². The van der Waals surface area contributed by atoms with Gasteiger partial charge in [-0.25, -0.2) is 4.98 Å². The minimum Gasteiger partial charge on any atom is -0.292 e. The molecule has 6 rings (SSSR count). The summed E-state index contributed by atoms with van der Waals surface area (Å²) >= 11 is 0. The third-order valence-corrected chi connectivity index (χ3v) is 7.04. The van der Waals surface area contributed by atoms with Crippen LogP contribution in [0.15, 0.2) is 91.1 Å². The molecule has 40 heavy (non-hydrogen) atoms. The third-order valence-electron chi connectivity index (χ3n) is 7.04. The second-order valence-electron chi connectivity index (χ2n) is 9.60. The summed E-state index contributed by atoms with van der Waals surface area (Å²) in [4.78, 5) is 5.04. The Labute approximate surface area is 241 Å². The standard InChI is InChI=1S/C32H28N2.3C2H6/c1-20(2)25-14-10-15-27-26-13-8-9-16-28(26)34-29(19-33-32(34)31(25)27)30-21(3)17-24(18-22(30)4)23-11-6-5-7-12-23;3*1-2/h5-20H,1-4H3;3*1-2H3. The molecule has 0 bridgehead atoms. The quantitative estimate of drug-likeness (QED) is 0.208. The first-order chi connectivity index (χ1) is 19.5. The molecule has 0 amide bonds. The van der Waals surface area contributed by atoms with Gasteiger partial charge in [-0.1, -0.05) is 134 Å². The maximum atomic E-state index is 5.04. The molecule has 0 saturated carbocycles. The van der Waals surface area contributed by atoms with Gasteiger partial charge in [0.1, 0.15) is 5.65 Å². The molecule has 2 heterocycles. The van der Waals surface area contributed by atoms with Crippen LogP contribution in [0, 0.1) is 13.8 Å². The zero-order valence-electron chi connectivity index (χ0n) is 26.1. The number of pyridine rings is 1. The molecule has 2 nitrogen and oxygen atoms in total. The van der Waals surface area contributed by atoms with Crippen LogP contribution in [-0.2, 0) is 0 Å². The molecule has 6 aromatic rings. The molecule has 0 aliphatic rings. The van der Waals surface area contributed by atoms with Gasteiger partial charge in [-0.05, 0) is 59.0 Å². The fraction of sp³-hybridized carbons (Fsp3) is 0.289. The third kappa shape index (κ3) is 5.54. The summed E-state index contributed by atoms with van der Waals surface area (Å²) in [5.41, 5.74) is 11.0. The van der Waals surface area contributed by atoms with E-state index < -0.39 is 0 Å². The number of aromatic nitrogens is 2. The first-order valence-electron chi connectivity index (χ1n) is 15.0. The monoisotopic (exact) mass is 530 g/mol. The molecule has 0 spiro atoms. The summed E-state index contributed by atoms with van der Waals surface area (Å²) in [6, 6.07) is 30.6. The van der Waals surface area contributed by atoms with Gasteiger partial charge in [0.15, 0.2) is 0 Å². The van der Waals surface area contributed by atoms with Crippen molar-refractivity contribution in [2.45, 2.75) is 75.2 Å². The van der Waals surface area contributed by atoms with E-state index in [2.05, 4.69) is 123 Å². The number of rotatable bonds is 3. The minimum atomic E-state index is 0.419. The second kappa shape index (κ2) is 13.9. The molecule has 4 aromatic carbocycles. The Hall–Kier alpha value is -3.91. The van der Waals surface area contributed by atoms with E-state index >= 15 is 0 Å². The maximum Gasteiger partial charge on any atom is 0.145 e. The number of hydrogen-bond acceptors (Lipinski definition) is 1. The SMILES string of the molecule is CC.CC.CC.Cc1cc(-c2ccccc2)cc(C)c1-c1cnc2c3c(C(C)C)cccc3c3ccccc3n12. The van der Waals surface area contributed by atoms with E-state index in [1.165, 1.54) is 55.1 Å². The van der Waals surface area contributed by atoms with Crippen molar-refractivity contribution >= 4 is 27.3 Å². The fourth-order valence-corrected chi connectivity index (χ4v) is 5.53. The minimum absolute atomic E-state index is 0.419. The van der Waals surface area contributed by atoms with Crippen LogP contribution >= 0.6 is 0 Å². The van der Waals surface area contributed by atoms with Gasteiger partial charge in [-0.2, -0.15) is 0 Å². The lowest BCUT2D eigenvalue weighted by Gasteiger charge is -2.17. The Kier molecular flexibility index (Phi) is 10.7. The molecule has 208 valence electrons. The molecule has 0 saturated heterocycles. The van der Waals surface area contributed by atoms with Gasteiger partial charge in [-0.15, -0.1) is 0 Å². The van der Waals surface area contributed by atoms with Crippen LogP contribution in [0.1, 0.15) is 78.0 Å². The largest absolute Gasteiger partial charge is 0.292 e. The van der Waals surface area contributed by atoms with Gasteiger partial charge in [0, 0.05) is 16.3 Å². The molecule has 0 atom stereocenters. The van der Waals surface area contributed by atoms with Crippen molar-refractivity contribution in [2.75, 3.05) is 0 Å². The van der Waals surface area contributed by atoms with Gasteiger partial charge in [0.05, 0.1) is 17.4 Å². The van der Waals surface area contributed by atoms with Gasteiger partial charge < -0.3 is 0 Å². The van der Waals surface area contributed by atoms with Crippen molar-refractivity contribution in [3.8, 4) is 22.4 Å². The Balaban J connectivity index is 0.000000691. The molecular formula is C38H46N2. The van der Waals surface area contributed by atoms with E-state index in [0.29, 0.717) is 5.92 Å². The summed E-state index contributed by atoms with van der Waals surface area (Å²) < 4.78 is 2.38. The zero-order chi connectivity index (χ0) is 29.4. The highest BCUT2D eigenvalue weighted by atomic mass is 15.0. The van der Waals surface area contributed by atoms with E-state index in [1.54, 1.807) is 0 Å². The van der Waals surface area contributed by atoms with Gasteiger partial charge in [0.2, 0.25) is 0 Å². The van der Waals surface area contributed by atoms with Crippen molar-refractivity contribution < 1.29 is 0 Å². The van der Waals surface area contributed by atoms with Crippen LogP contribution in [0.25, 0.3) is 49.7 Å². The molecule has 2 aromatic heterocycles. The number of aryl methyl sites for hydroxylation is 2. The smallest absolute Gasteiger partial charge is 0.145 e. The number of imidazole rings is 1. The van der Waals surface area contributed by atoms with Crippen LogP contribution < -0.4 is 0 Å². The Morgan fingerprint density at radius 1 is 0.625 bits per heavy atom. The molecule has 0 unspecified atom stereocenters. The molecule has 0 aliphatic heterocycles. The van der Waals surface area contributed by atoms with Crippen LogP contribution in [0.3, 0.4) is 0 Å². The summed E-state index contributed by atoms with van der Waals surface area (Å²) in [6.07, 6.45) is 2.07. The predicted molar refractivity (Wildman–Crippen MR) is 179 cm³/mol. The number of hydrogen-bond donors (Lipinski definition) is 0. The van der Waals surface area contributed by atoms with E-state index in [4.69, 9.17) is 4.98 Å². The Morgan fingerprint density at radius 2 is 1.20 bits per heavy atom. The van der Waals surface area contributed by atoms with E-state index in [0.717, 1.165) is 11.3 Å². The van der Waals surface area contributed by atoms with Gasteiger partial charge in [-0.3, -0.25) is 4.40 Å². The van der Waals surface area contributed by atoms with Crippen molar-refractivity contribution in [2.24, 2.45) is 0 Å². The molecule has 0 aliphatic carbocycles. The zero-order valence-corrected chi connectivity index (χ0v) is 26.1. The first-order valence-corrected chi connectivity index (χ1v) is 15.0. The van der Waals surface area contributed by atoms with Crippen LogP contribution in [0.4, 0.5) is 0 Å². The number of nitrogens with zero attached hydrogens (tertiary/aromatic N) is 2. The predicted octanol–water partition coefficient (Wildman–Crippen LogP) is 11.8. The highest BCUT2D eigenvalue weighted by Crippen LogP contribution is 2.39. The number of benzene rings is 4. The molecule has 0 fully saturated rings. The normalized spacial score (nSPS) is 10.5. The van der Waals surface area contributed by atoms with Crippen molar-refractivity contribution in [3.63, 3.8) is 0 Å². The van der Waals surface area contributed by atoms with Gasteiger partial charge >= 0.3 is 0 Å². The van der Waals surface area contributed by atoms with Crippen molar-refractivity contribution in [1.82, 2.24) is 9.38 Å². The number of fused-ring (bicyclic) bond motifs is 6. The second-order valence-corrected chi connectivity index (χ2v) is 9.60. The maximum absolute atomic E-state index is 5.04. The van der Waals surface area contributed by atoms with E-state index in [-0.39, 0.29) is 0 Å². The summed E-state index contributed by atoms with van der Waals surface area (Å²) in [7, 11) is 0. The highest BCUT2D eigenvalue weighted by molar-refractivity contribution is 6.13. The lowest BCUT2D eigenvalue weighted by atomic mass is 9.93. The van der Waals surface area contributed by atoms with E-state index in [1.807, 2.05) is 41.5 Å². The average molecular weight is 531 g/mol. The lowest BCUT2D eigenvalue weighted by molar-refractivity contribution is 0.876. The fourth-order valence-electron chi connectivity index (χ4n) is 5.53. The molecule has 0 N–H and O–H groups in total. The van der Waals surface area contributed by atoms with Crippen LogP contribution in [-0.4, -0.2) is 9.38 Å². The average Bonchev–Trinajstić information content (AvgIpc) is 3.45. The van der Waals surface area contributed by atoms with Gasteiger partial charge in [0.25, 0.3) is 0 Å². The van der Waals surface area contributed by atoms with Crippen molar-refractivity contribution in [3.05, 3.63) is 108 Å². The van der Waals surface area contributed by atoms with E-state index in [9.17, 15) is 0 Å². The van der Waals surface area contributed by atoms with Crippen LogP contribution in [0.5, 0.6) is 0 Å². The topological polar surface area (TPSA) is 17.3 Å². The molecular weight excluding hydrogens is 484 g/mol.